The molecule has 0 aliphatic heterocycles. The summed E-state index contributed by atoms with van der Waals surface area (Å²) in [6.07, 6.45) is 0. The second-order valence-corrected chi connectivity index (χ2v) is 5.34. The van der Waals surface area contributed by atoms with E-state index in [9.17, 15) is 14.4 Å². The van der Waals surface area contributed by atoms with Gasteiger partial charge in [-0.3, -0.25) is 4.79 Å². The molecule has 1 atom stereocenters. The van der Waals surface area contributed by atoms with E-state index in [1.54, 1.807) is 17.7 Å². The fourth-order valence-electron chi connectivity index (χ4n) is 2.43. The number of benzene rings is 2. The molecule has 1 N–H and O–H groups in total. The molecule has 0 bridgehead atoms. The number of carbonyl (C=O) groups is 1. The molecule has 124 valence electrons. The molecular formula is C18H14FN5O. The van der Waals surface area contributed by atoms with Gasteiger partial charge in [-0.15, -0.1) is 10.2 Å². The summed E-state index contributed by atoms with van der Waals surface area (Å²) in [6.45, 7) is 0. The molecule has 3 aromatic rings. The summed E-state index contributed by atoms with van der Waals surface area (Å²) in [7, 11) is 1.68. The molecule has 0 fully saturated rings. The molecule has 0 spiro atoms. The van der Waals surface area contributed by atoms with Gasteiger partial charge in [0.25, 0.3) is 0 Å². The Morgan fingerprint density at radius 3 is 2.52 bits per heavy atom. The van der Waals surface area contributed by atoms with Crippen molar-refractivity contribution in [3.8, 4) is 17.5 Å². The Hall–Kier alpha value is -3.53. The van der Waals surface area contributed by atoms with Crippen LogP contribution in [0.3, 0.4) is 0 Å². The van der Waals surface area contributed by atoms with Crippen LogP contribution in [0.1, 0.15) is 11.7 Å². The fourth-order valence-corrected chi connectivity index (χ4v) is 2.43. The van der Waals surface area contributed by atoms with Crippen LogP contribution in [0.2, 0.25) is 0 Å². The summed E-state index contributed by atoms with van der Waals surface area (Å²) >= 11 is 0. The summed E-state index contributed by atoms with van der Waals surface area (Å²) in [5.41, 5.74) is 0.827. The zero-order valence-electron chi connectivity index (χ0n) is 13.3. The van der Waals surface area contributed by atoms with Crippen molar-refractivity contribution in [1.29, 1.82) is 5.26 Å². The number of nitriles is 1. The van der Waals surface area contributed by atoms with E-state index in [0.717, 1.165) is 5.56 Å². The summed E-state index contributed by atoms with van der Waals surface area (Å²) in [6, 6.07) is 17.0. The third-order valence-electron chi connectivity index (χ3n) is 3.72. The second-order valence-electron chi connectivity index (χ2n) is 5.34. The number of aromatic nitrogens is 3. The lowest BCUT2D eigenvalue weighted by Crippen LogP contribution is -2.23. The number of anilines is 1. The molecule has 1 aromatic heterocycles. The van der Waals surface area contributed by atoms with Crippen molar-refractivity contribution in [2.45, 2.75) is 5.92 Å². The highest BCUT2D eigenvalue weighted by atomic mass is 19.1. The van der Waals surface area contributed by atoms with Gasteiger partial charge < -0.3 is 9.88 Å². The van der Waals surface area contributed by atoms with Gasteiger partial charge in [-0.05, 0) is 12.1 Å². The Kier molecular flexibility index (Phi) is 4.53. The van der Waals surface area contributed by atoms with Crippen LogP contribution in [-0.2, 0) is 11.8 Å². The number of amides is 1. The number of carbonyl (C=O) groups excluding carboxylic acids is 1. The quantitative estimate of drug-likeness (QED) is 0.794. The van der Waals surface area contributed by atoms with Crippen molar-refractivity contribution in [3.05, 3.63) is 66.2 Å². The van der Waals surface area contributed by atoms with Crippen molar-refractivity contribution in [2.24, 2.45) is 7.05 Å². The Balaban J connectivity index is 1.89. The van der Waals surface area contributed by atoms with Crippen molar-refractivity contribution in [3.63, 3.8) is 0 Å². The van der Waals surface area contributed by atoms with Crippen LogP contribution >= 0.6 is 0 Å². The van der Waals surface area contributed by atoms with Gasteiger partial charge in [-0.25, -0.2) is 4.39 Å². The summed E-state index contributed by atoms with van der Waals surface area (Å²) < 4.78 is 15.3. The highest BCUT2D eigenvalue weighted by Gasteiger charge is 2.27. The highest BCUT2D eigenvalue weighted by molar-refractivity contribution is 5.97. The third kappa shape index (κ3) is 3.23. The first-order valence-electron chi connectivity index (χ1n) is 7.51. The number of rotatable bonds is 4. The SMILES string of the molecule is Cn1c(-c2ccccc2)nnc1[C@@H](C#N)C(=O)Nc1ccccc1F. The van der Waals surface area contributed by atoms with Crippen molar-refractivity contribution in [1.82, 2.24) is 14.8 Å². The molecule has 0 aliphatic carbocycles. The average molecular weight is 335 g/mol. The molecule has 2 aromatic carbocycles. The first kappa shape index (κ1) is 16.3. The smallest absolute Gasteiger partial charge is 0.249 e. The van der Waals surface area contributed by atoms with Gasteiger partial charge in [-0.2, -0.15) is 5.26 Å². The van der Waals surface area contributed by atoms with E-state index in [2.05, 4.69) is 15.5 Å². The molecular weight excluding hydrogens is 321 g/mol. The van der Waals surface area contributed by atoms with Crippen LogP contribution in [0, 0.1) is 17.1 Å². The number of halogens is 1. The fraction of sp³-hybridized carbons (Fsp3) is 0.111. The van der Waals surface area contributed by atoms with Gasteiger partial charge in [0.2, 0.25) is 5.91 Å². The summed E-state index contributed by atoms with van der Waals surface area (Å²) in [5, 5.41) is 19.9. The molecule has 25 heavy (non-hydrogen) atoms. The van der Waals surface area contributed by atoms with Crippen LogP contribution < -0.4 is 5.32 Å². The lowest BCUT2D eigenvalue weighted by atomic mass is 10.1. The molecule has 6 nitrogen and oxygen atoms in total. The monoisotopic (exact) mass is 335 g/mol. The van der Waals surface area contributed by atoms with Crippen molar-refractivity contribution in [2.75, 3.05) is 5.32 Å². The molecule has 1 amide bonds. The number of hydrogen-bond acceptors (Lipinski definition) is 4. The zero-order valence-corrected chi connectivity index (χ0v) is 13.3. The van der Waals surface area contributed by atoms with E-state index in [4.69, 9.17) is 0 Å². The predicted molar refractivity (Wildman–Crippen MR) is 89.8 cm³/mol. The molecule has 1 heterocycles. The van der Waals surface area contributed by atoms with Gasteiger partial charge in [0.05, 0.1) is 11.8 Å². The normalized spacial score (nSPS) is 11.6. The van der Waals surface area contributed by atoms with E-state index < -0.39 is 17.6 Å². The molecule has 7 heteroatoms. The lowest BCUT2D eigenvalue weighted by Gasteiger charge is -2.11. The molecule has 0 saturated carbocycles. The van der Waals surface area contributed by atoms with Gasteiger partial charge in [-0.1, -0.05) is 42.5 Å². The maximum atomic E-state index is 13.7. The number of nitrogens with one attached hydrogen (secondary N) is 1. The Morgan fingerprint density at radius 1 is 1.16 bits per heavy atom. The third-order valence-corrected chi connectivity index (χ3v) is 3.72. The minimum absolute atomic E-state index is 0.0122. The minimum atomic E-state index is -1.21. The van der Waals surface area contributed by atoms with E-state index in [1.165, 1.54) is 18.2 Å². The number of hydrogen-bond donors (Lipinski definition) is 1. The molecule has 0 unspecified atom stereocenters. The minimum Gasteiger partial charge on any atom is -0.322 e. The van der Waals surface area contributed by atoms with Crippen LogP contribution in [0.4, 0.5) is 10.1 Å². The van der Waals surface area contributed by atoms with E-state index in [1.807, 2.05) is 36.4 Å². The summed E-state index contributed by atoms with van der Waals surface area (Å²) in [5.74, 6) is -1.72. The van der Waals surface area contributed by atoms with Crippen LogP contribution in [0.15, 0.2) is 54.6 Å². The second kappa shape index (κ2) is 6.93. The van der Waals surface area contributed by atoms with Crippen LogP contribution in [0.25, 0.3) is 11.4 Å². The Labute approximate surface area is 143 Å². The Morgan fingerprint density at radius 2 is 1.84 bits per heavy atom. The molecule has 0 saturated heterocycles. The Bertz CT molecular complexity index is 946. The first-order chi connectivity index (χ1) is 12.1. The van der Waals surface area contributed by atoms with Gasteiger partial charge in [0, 0.05) is 12.6 Å². The zero-order chi connectivity index (χ0) is 17.8. The van der Waals surface area contributed by atoms with E-state index in [0.29, 0.717) is 5.82 Å². The predicted octanol–water partition coefficient (Wildman–Crippen LogP) is 2.87. The maximum Gasteiger partial charge on any atom is 0.249 e. The number of nitrogens with zero attached hydrogens (tertiary/aromatic N) is 4. The largest absolute Gasteiger partial charge is 0.322 e. The van der Waals surface area contributed by atoms with E-state index >= 15 is 0 Å². The maximum absolute atomic E-state index is 13.7. The van der Waals surface area contributed by atoms with Gasteiger partial charge in [0.15, 0.2) is 17.6 Å². The van der Waals surface area contributed by atoms with Gasteiger partial charge in [0.1, 0.15) is 5.82 Å². The van der Waals surface area contributed by atoms with Gasteiger partial charge >= 0.3 is 0 Å². The molecule has 3 rings (SSSR count). The average Bonchev–Trinajstić information content (AvgIpc) is 3.00. The molecule has 0 radical (unpaired) electrons. The topological polar surface area (TPSA) is 83.6 Å². The standard InChI is InChI=1S/C18H14FN5O/c1-24-16(12-7-3-2-4-8-12)22-23-17(24)13(11-20)18(25)21-15-10-6-5-9-14(15)19/h2-10,13H,1H3,(H,21,25)/t13-/m1/s1. The van der Waals surface area contributed by atoms with Crippen LogP contribution in [0.5, 0.6) is 0 Å². The lowest BCUT2D eigenvalue weighted by molar-refractivity contribution is -0.116. The van der Waals surface area contributed by atoms with Crippen LogP contribution in [-0.4, -0.2) is 20.7 Å². The molecule has 0 aliphatic rings. The highest BCUT2D eigenvalue weighted by Crippen LogP contribution is 2.22. The first-order valence-corrected chi connectivity index (χ1v) is 7.51. The number of para-hydroxylation sites is 1. The van der Waals surface area contributed by atoms with E-state index in [-0.39, 0.29) is 11.5 Å². The summed E-state index contributed by atoms with van der Waals surface area (Å²) in [4.78, 5) is 12.4. The van der Waals surface area contributed by atoms with Crippen molar-refractivity contribution < 1.29 is 9.18 Å². The van der Waals surface area contributed by atoms with Crippen molar-refractivity contribution >= 4 is 11.6 Å².